The molecule has 3 N–H and O–H groups in total. The fourth-order valence-electron chi connectivity index (χ4n) is 2.06. The molecule has 0 radical (unpaired) electrons. The number of amides is 1. The van der Waals surface area contributed by atoms with Gasteiger partial charge in [-0.1, -0.05) is 27.7 Å². The first-order valence-corrected chi connectivity index (χ1v) is 7.92. The number of nitrogens with two attached hydrogens (primary N) is 1. The Morgan fingerprint density at radius 2 is 1.94 bits per heavy atom. The van der Waals surface area contributed by atoms with Crippen LogP contribution in [-0.2, 0) is 4.79 Å². The van der Waals surface area contributed by atoms with Crippen LogP contribution < -0.4 is 11.1 Å². The fraction of sp³-hybridized carbons (Fsp3) is 0.929. The highest BCUT2D eigenvalue weighted by molar-refractivity contribution is 8.00. The van der Waals surface area contributed by atoms with Crippen LogP contribution in [0.15, 0.2) is 0 Å². The molecule has 0 aromatic heterocycles. The lowest BCUT2D eigenvalue weighted by Gasteiger charge is -2.31. The summed E-state index contributed by atoms with van der Waals surface area (Å²) in [5.41, 5.74) is 5.02. The van der Waals surface area contributed by atoms with E-state index < -0.39 is 5.54 Å². The maximum absolute atomic E-state index is 11.7. The molecule has 1 aliphatic carbocycles. The Bertz CT molecular complexity index is 292. The molecule has 1 rings (SSSR count). The SMILES string of the molecule is CC(CC(C)(NC1CC1)C(N)=O)SC(C)C(C)C. The van der Waals surface area contributed by atoms with E-state index in [2.05, 4.69) is 33.0 Å². The van der Waals surface area contributed by atoms with Gasteiger partial charge in [0.1, 0.15) is 0 Å². The standard InChI is InChI=1S/C14H28N2OS/c1-9(2)11(4)18-10(3)8-14(5,13(15)17)16-12-6-7-12/h9-12,16H,6-8H2,1-5H3,(H2,15,17). The molecule has 1 fully saturated rings. The van der Waals surface area contributed by atoms with Gasteiger partial charge in [-0.15, -0.1) is 0 Å². The zero-order valence-electron chi connectivity index (χ0n) is 12.3. The Hall–Kier alpha value is -0.220. The van der Waals surface area contributed by atoms with Gasteiger partial charge in [0.05, 0.1) is 5.54 Å². The Morgan fingerprint density at radius 3 is 2.33 bits per heavy atom. The second kappa shape index (κ2) is 6.29. The molecule has 1 saturated carbocycles. The van der Waals surface area contributed by atoms with Gasteiger partial charge in [-0.2, -0.15) is 11.8 Å². The summed E-state index contributed by atoms with van der Waals surface area (Å²) in [6.45, 7) is 10.9. The van der Waals surface area contributed by atoms with E-state index in [1.807, 2.05) is 18.7 Å². The molecule has 3 unspecified atom stereocenters. The number of carbonyl (C=O) groups excluding carboxylic acids is 1. The molecule has 3 nitrogen and oxygen atoms in total. The van der Waals surface area contributed by atoms with Crippen LogP contribution in [0.4, 0.5) is 0 Å². The minimum Gasteiger partial charge on any atom is -0.368 e. The third-order valence-electron chi connectivity index (χ3n) is 3.73. The van der Waals surface area contributed by atoms with E-state index in [4.69, 9.17) is 5.73 Å². The molecule has 0 spiro atoms. The molecular formula is C14H28N2OS. The Kier molecular flexibility index (Phi) is 5.53. The average Bonchev–Trinajstić information content (AvgIpc) is 3.00. The van der Waals surface area contributed by atoms with E-state index in [1.54, 1.807) is 0 Å². The van der Waals surface area contributed by atoms with Crippen LogP contribution in [0.1, 0.15) is 53.9 Å². The van der Waals surface area contributed by atoms with Gasteiger partial charge < -0.3 is 11.1 Å². The van der Waals surface area contributed by atoms with Gasteiger partial charge in [-0.3, -0.25) is 4.79 Å². The molecule has 1 amide bonds. The van der Waals surface area contributed by atoms with Crippen LogP contribution in [0.25, 0.3) is 0 Å². The van der Waals surface area contributed by atoms with Gasteiger partial charge in [0.15, 0.2) is 0 Å². The number of primary amides is 1. The summed E-state index contributed by atoms with van der Waals surface area (Å²) < 4.78 is 0. The number of carbonyl (C=O) groups is 1. The van der Waals surface area contributed by atoms with Crippen molar-refractivity contribution < 1.29 is 4.79 Å². The van der Waals surface area contributed by atoms with Crippen LogP contribution in [0.5, 0.6) is 0 Å². The zero-order valence-corrected chi connectivity index (χ0v) is 13.1. The summed E-state index contributed by atoms with van der Waals surface area (Å²) in [6.07, 6.45) is 3.15. The number of thioether (sulfide) groups is 1. The molecule has 0 bridgehead atoms. The average molecular weight is 272 g/mol. The van der Waals surface area contributed by atoms with Crippen molar-refractivity contribution >= 4 is 17.7 Å². The van der Waals surface area contributed by atoms with Crippen LogP contribution in [0, 0.1) is 5.92 Å². The molecule has 0 heterocycles. The molecule has 0 aromatic rings. The van der Waals surface area contributed by atoms with Gasteiger partial charge in [-0.05, 0) is 32.1 Å². The highest BCUT2D eigenvalue weighted by atomic mass is 32.2. The Labute approximate surface area is 116 Å². The molecule has 0 aromatic carbocycles. The first-order chi connectivity index (χ1) is 8.24. The van der Waals surface area contributed by atoms with E-state index in [0.717, 1.165) is 6.42 Å². The summed E-state index contributed by atoms with van der Waals surface area (Å²) in [5, 5.41) is 4.46. The van der Waals surface area contributed by atoms with Crippen molar-refractivity contribution in [2.75, 3.05) is 0 Å². The third kappa shape index (κ3) is 4.81. The molecule has 3 atom stereocenters. The first-order valence-electron chi connectivity index (χ1n) is 6.97. The zero-order chi connectivity index (χ0) is 13.9. The van der Waals surface area contributed by atoms with Gasteiger partial charge in [0.2, 0.25) is 5.91 Å². The largest absolute Gasteiger partial charge is 0.368 e. The van der Waals surface area contributed by atoms with Gasteiger partial charge in [-0.25, -0.2) is 0 Å². The highest BCUT2D eigenvalue weighted by Crippen LogP contribution is 2.31. The van der Waals surface area contributed by atoms with Crippen molar-refractivity contribution in [1.82, 2.24) is 5.32 Å². The first kappa shape index (κ1) is 15.8. The maximum Gasteiger partial charge on any atom is 0.237 e. The number of rotatable bonds is 8. The predicted molar refractivity (Wildman–Crippen MR) is 79.7 cm³/mol. The van der Waals surface area contributed by atoms with Crippen molar-refractivity contribution in [3.8, 4) is 0 Å². The van der Waals surface area contributed by atoms with Crippen LogP contribution in [-0.4, -0.2) is 28.0 Å². The van der Waals surface area contributed by atoms with E-state index in [-0.39, 0.29) is 5.91 Å². The lowest BCUT2D eigenvalue weighted by molar-refractivity contribution is -0.124. The summed E-state index contributed by atoms with van der Waals surface area (Å²) in [5.74, 6) is 0.438. The molecule has 18 heavy (non-hydrogen) atoms. The van der Waals surface area contributed by atoms with Crippen LogP contribution in [0.2, 0.25) is 0 Å². The number of hydrogen-bond donors (Lipinski definition) is 2. The van der Waals surface area contributed by atoms with Gasteiger partial charge in [0.25, 0.3) is 0 Å². The Balaban J connectivity index is 2.51. The quantitative estimate of drug-likeness (QED) is 0.714. The van der Waals surface area contributed by atoms with Crippen LogP contribution >= 0.6 is 11.8 Å². The summed E-state index contributed by atoms with van der Waals surface area (Å²) in [6, 6.07) is 0.502. The van der Waals surface area contributed by atoms with Crippen molar-refractivity contribution in [3.05, 3.63) is 0 Å². The van der Waals surface area contributed by atoms with Crippen molar-refractivity contribution in [1.29, 1.82) is 0 Å². The highest BCUT2D eigenvalue weighted by Gasteiger charge is 2.38. The maximum atomic E-state index is 11.7. The van der Waals surface area contributed by atoms with E-state index in [1.165, 1.54) is 12.8 Å². The lowest BCUT2D eigenvalue weighted by atomic mass is 9.95. The second-order valence-corrected chi connectivity index (χ2v) is 8.04. The predicted octanol–water partition coefficient (Wildman–Crippen LogP) is 2.54. The normalized spacial score (nSPS) is 22.6. The van der Waals surface area contributed by atoms with Crippen molar-refractivity contribution in [3.63, 3.8) is 0 Å². The summed E-state index contributed by atoms with van der Waals surface area (Å²) in [4.78, 5) is 11.7. The topological polar surface area (TPSA) is 55.1 Å². The number of nitrogens with one attached hydrogen (secondary N) is 1. The lowest BCUT2D eigenvalue weighted by Crippen LogP contribution is -2.55. The second-order valence-electron chi connectivity index (χ2n) is 6.21. The molecule has 0 saturated heterocycles. The minimum absolute atomic E-state index is 0.223. The van der Waals surface area contributed by atoms with Gasteiger partial charge in [0, 0.05) is 16.5 Å². The minimum atomic E-state index is -0.551. The molecule has 4 heteroatoms. The molecular weight excluding hydrogens is 244 g/mol. The number of hydrogen-bond acceptors (Lipinski definition) is 3. The van der Waals surface area contributed by atoms with E-state index >= 15 is 0 Å². The molecule has 1 aliphatic rings. The Morgan fingerprint density at radius 1 is 1.39 bits per heavy atom. The van der Waals surface area contributed by atoms with Crippen molar-refractivity contribution in [2.45, 2.75) is 76.0 Å². The third-order valence-corrected chi connectivity index (χ3v) is 5.33. The fourth-order valence-corrected chi connectivity index (χ4v) is 3.53. The van der Waals surface area contributed by atoms with Gasteiger partial charge >= 0.3 is 0 Å². The molecule has 0 aliphatic heterocycles. The van der Waals surface area contributed by atoms with E-state index in [0.29, 0.717) is 22.5 Å². The summed E-state index contributed by atoms with van der Waals surface area (Å²) >= 11 is 1.95. The van der Waals surface area contributed by atoms with Crippen LogP contribution in [0.3, 0.4) is 0 Å². The van der Waals surface area contributed by atoms with Crippen molar-refractivity contribution in [2.24, 2.45) is 11.7 Å². The van der Waals surface area contributed by atoms with E-state index in [9.17, 15) is 4.79 Å². The molecule has 106 valence electrons. The smallest absolute Gasteiger partial charge is 0.237 e. The monoisotopic (exact) mass is 272 g/mol. The summed E-state index contributed by atoms with van der Waals surface area (Å²) in [7, 11) is 0.